The normalized spacial score (nSPS) is 22.3. The van der Waals surface area contributed by atoms with Gasteiger partial charge in [-0.1, -0.05) is 55.8 Å². The van der Waals surface area contributed by atoms with E-state index >= 15 is 0 Å². The molecule has 0 spiro atoms. The second kappa shape index (κ2) is 7.46. The van der Waals surface area contributed by atoms with Gasteiger partial charge >= 0.3 is 0 Å². The smallest absolute Gasteiger partial charge is 0.0567 e. The highest BCUT2D eigenvalue weighted by molar-refractivity contribution is 7.99. The van der Waals surface area contributed by atoms with E-state index in [0.717, 1.165) is 18.1 Å². The van der Waals surface area contributed by atoms with E-state index < -0.39 is 0 Å². The molecule has 2 aromatic rings. The molecule has 1 atom stereocenters. The summed E-state index contributed by atoms with van der Waals surface area (Å²) in [7, 11) is 0. The zero-order valence-corrected chi connectivity index (χ0v) is 17.2. The molecule has 4 rings (SSSR count). The lowest BCUT2D eigenvalue weighted by Crippen LogP contribution is -2.38. The van der Waals surface area contributed by atoms with Gasteiger partial charge in [0, 0.05) is 33.3 Å². The summed E-state index contributed by atoms with van der Waals surface area (Å²) >= 11 is 8.24. The van der Waals surface area contributed by atoms with Gasteiger partial charge in [-0.3, -0.25) is 0 Å². The highest BCUT2D eigenvalue weighted by Crippen LogP contribution is 2.50. The second-order valence-corrected chi connectivity index (χ2v) is 9.16. The van der Waals surface area contributed by atoms with Crippen LogP contribution in [0.2, 0.25) is 5.02 Å². The molecule has 0 amide bonds. The summed E-state index contributed by atoms with van der Waals surface area (Å²) in [6, 6.07) is 15.1. The van der Waals surface area contributed by atoms with Crippen LogP contribution in [0.15, 0.2) is 52.3 Å². The topological polar surface area (TPSA) is 6.48 Å². The summed E-state index contributed by atoms with van der Waals surface area (Å²) in [6.07, 6.45) is 3.81. The minimum Gasteiger partial charge on any atom is -0.339 e. The molecule has 0 saturated carbocycles. The Bertz CT molecular complexity index is 793. The number of para-hydroxylation sites is 1. The Morgan fingerprint density at radius 3 is 2.65 bits per heavy atom. The van der Waals surface area contributed by atoms with Crippen molar-refractivity contribution >= 4 is 34.7 Å². The predicted octanol–water partition coefficient (Wildman–Crippen LogP) is 6.45. The maximum atomic E-state index is 6.38. The van der Waals surface area contributed by atoms with Crippen LogP contribution in [-0.2, 0) is 0 Å². The number of benzene rings is 2. The molecule has 1 fully saturated rings. The van der Waals surface area contributed by atoms with Crippen LogP contribution >= 0.6 is 23.4 Å². The molecule has 1 saturated heterocycles. The third kappa shape index (κ3) is 3.37. The Kier molecular flexibility index (Phi) is 5.22. The third-order valence-corrected chi connectivity index (χ3v) is 7.19. The van der Waals surface area contributed by atoms with Crippen molar-refractivity contribution in [3.05, 3.63) is 47.5 Å². The molecule has 2 nitrogen and oxygen atoms in total. The Morgan fingerprint density at radius 1 is 1.08 bits per heavy atom. The minimum atomic E-state index is 0.361. The zero-order chi connectivity index (χ0) is 18.1. The van der Waals surface area contributed by atoms with Crippen LogP contribution < -0.4 is 4.90 Å². The molecule has 1 unspecified atom stereocenters. The maximum Gasteiger partial charge on any atom is 0.0567 e. The third-order valence-electron chi connectivity index (χ3n) is 5.83. The molecular formula is C22H27ClN2S. The first-order chi connectivity index (χ1) is 12.6. The molecule has 0 radical (unpaired) electrons. The van der Waals surface area contributed by atoms with Crippen molar-refractivity contribution in [2.75, 3.05) is 31.1 Å². The van der Waals surface area contributed by atoms with Crippen LogP contribution in [0.3, 0.4) is 0 Å². The first-order valence-electron chi connectivity index (χ1n) is 9.70. The molecule has 4 heteroatoms. The molecule has 0 aromatic heterocycles. The number of nitrogens with zero attached hydrogens (tertiary/aromatic N) is 2. The van der Waals surface area contributed by atoms with Gasteiger partial charge in [0.25, 0.3) is 0 Å². The number of hydrogen-bond donors (Lipinski definition) is 0. The van der Waals surface area contributed by atoms with Gasteiger partial charge in [0.2, 0.25) is 0 Å². The lowest BCUT2D eigenvalue weighted by molar-refractivity contribution is 0.251. The number of likely N-dealkylation sites (tertiary alicyclic amines) is 1. The van der Waals surface area contributed by atoms with Crippen molar-refractivity contribution in [3.63, 3.8) is 0 Å². The fourth-order valence-corrected chi connectivity index (χ4v) is 5.79. The van der Waals surface area contributed by atoms with Crippen molar-refractivity contribution in [2.45, 2.75) is 42.9 Å². The van der Waals surface area contributed by atoms with Crippen molar-refractivity contribution < 1.29 is 0 Å². The van der Waals surface area contributed by atoms with Gasteiger partial charge in [0.05, 0.1) is 11.4 Å². The lowest BCUT2D eigenvalue weighted by Gasteiger charge is -2.40. The van der Waals surface area contributed by atoms with Crippen molar-refractivity contribution in [1.82, 2.24) is 4.90 Å². The summed E-state index contributed by atoms with van der Waals surface area (Å²) in [4.78, 5) is 7.81. The first kappa shape index (κ1) is 18.2. The number of hydrogen-bond acceptors (Lipinski definition) is 3. The summed E-state index contributed by atoms with van der Waals surface area (Å²) in [5.74, 6) is 0. The van der Waals surface area contributed by atoms with Gasteiger partial charge in [-0.25, -0.2) is 0 Å². The average Bonchev–Trinajstić information content (AvgIpc) is 3.05. The Labute approximate surface area is 166 Å². The molecule has 2 heterocycles. The Morgan fingerprint density at radius 2 is 1.88 bits per heavy atom. The predicted molar refractivity (Wildman–Crippen MR) is 113 cm³/mol. The van der Waals surface area contributed by atoms with Crippen LogP contribution in [0, 0.1) is 5.41 Å². The van der Waals surface area contributed by atoms with Gasteiger partial charge in [0.1, 0.15) is 0 Å². The summed E-state index contributed by atoms with van der Waals surface area (Å²) < 4.78 is 0. The highest BCUT2D eigenvalue weighted by atomic mass is 35.5. The number of rotatable bonds is 5. The number of anilines is 2. The molecule has 2 aliphatic rings. The van der Waals surface area contributed by atoms with Gasteiger partial charge in [-0.05, 0) is 56.3 Å². The molecule has 2 aliphatic heterocycles. The standard InChI is InChI=1S/C22H27ClN2S/c1-3-11-22(12-13-24(4-2)15-22)16-25-18-7-5-6-8-20(18)26-21-10-9-17(23)14-19(21)25/h5-10,14H,3-4,11-13,15-16H2,1-2H3. The second-order valence-electron chi connectivity index (χ2n) is 7.64. The van der Waals surface area contributed by atoms with Crippen LogP contribution in [0.4, 0.5) is 11.4 Å². The lowest BCUT2D eigenvalue weighted by atomic mass is 9.81. The number of halogens is 1. The minimum absolute atomic E-state index is 0.361. The molecule has 0 aliphatic carbocycles. The highest BCUT2D eigenvalue weighted by Gasteiger charge is 2.40. The van der Waals surface area contributed by atoms with Crippen LogP contribution in [0.25, 0.3) is 0 Å². The van der Waals surface area contributed by atoms with E-state index in [0.29, 0.717) is 5.41 Å². The number of fused-ring (bicyclic) bond motifs is 2. The first-order valence-corrected chi connectivity index (χ1v) is 10.9. The molecule has 26 heavy (non-hydrogen) atoms. The molecule has 0 bridgehead atoms. The molecule has 138 valence electrons. The molecular weight excluding hydrogens is 360 g/mol. The van der Waals surface area contributed by atoms with E-state index in [4.69, 9.17) is 11.6 Å². The average molecular weight is 387 g/mol. The van der Waals surface area contributed by atoms with E-state index in [1.54, 1.807) is 0 Å². The van der Waals surface area contributed by atoms with E-state index in [1.807, 2.05) is 17.8 Å². The summed E-state index contributed by atoms with van der Waals surface area (Å²) in [5, 5.41) is 0.819. The maximum absolute atomic E-state index is 6.38. The van der Waals surface area contributed by atoms with Gasteiger partial charge in [0.15, 0.2) is 0 Å². The Balaban J connectivity index is 1.74. The van der Waals surface area contributed by atoms with Gasteiger partial charge in [-0.2, -0.15) is 0 Å². The van der Waals surface area contributed by atoms with Crippen molar-refractivity contribution in [2.24, 2.45) is 5.41 Å². The van der Waals surface area contributed by atoms with E-state index in [-0.39, 0.29) is 0 Å². The van der Waals surface area contributed by atoms with Crippen LogP contribution in [-0.4, -0.2) is 31.1 Å². The van der Waals surface area contributed by atoms with Crippen molar-refractivity contribution in [3.8, 4) is 0 Å². The van der Waals surface area contributed by atoms with Crippen LogP contribution in [0.1, 0.15) is 33.1 Å². The summed E-state index contributed by atoms with van der Waals surface area (Å²) in [6.45, 7) is 9.26. The summed E-state index contributed by atoms with van der Waals surface area (Å²) in [5.41, 5.74) is 2.96. The van der Waals surface area contributed by atoms with E-state index in [2.05, 4.69) is 60.0 Å². The molecule has 2 aromatic carbocycles. The largest absolute Gasteiger partial charge is 0.339 e. The molecule has 0 N–H and O–H groups in total. The zero-order valence-electron chi connectivity index (χ0n) is 15.7. The van der Waals surface area contributed by atoms with Crippen LogP contribution in [0.5, 0.6) is 0 Å². The SMILES string of the molecule is CCCC1(CN2c3ccccc3Sc3ccc(Cl)cc32)CCN(CC)C1. The van der Waals surface area contributed by atoms with E-state index in [9.17, 15) is 0 Å². The fourth-order valence-electron chi connectivity index (χ4n) is 4.55. The van der Waals surface area contributed by atoms with Crippen molar-refractivity contribution in [1.29, 1.82) is 0 Å². The monoisotopic (exact) mass is 386 g/mol. The Hall–Kier alpha value is -1.16. The fraction of sp³-hybridized carbons (Fsp3) is 0.455. The van der Waals surface area contributed by atoms with E-state index in [1.165, 1.54) is 53.5 Å². The van der Waals surface area contributed by atoms with Gasteiger partial charge in [-0.15, -0.1) is 0 Å². The quantitative estimate of drug-likeness (QED) is 0.582. The van der Waals surface area contributed by atoms with Gasteiger partial charge < -0.3 is 9.80 Å².